The molecule has 0 aromatic carbocycles. The van der Waals surface area contributed by atoms with E-state index < -0.39 is 0 Å². The summed E-state index contributed by atoms with van der Waals surface area (Å²) in [6.07, 6.45) is 7.96. The van der Waals surface area contributed by atoms with Crippen LogP contribution in [0.4, 0.5) is 0 Å². The maximum atomic E-state index is 5.98. The molecule has 2 saturated heterocycles. The highest BCUT2D eigenvalue weighted by atomic mass is 16.5. The van der Waals surface area contributed by atoms with Crippen molar-refractivity contribution in [2.45, 2.75) is 63.2 Å². The third-order valence-electron chi connectivity index (χ3n) is 4.17. The molecule has 2 N–H and O–H groups in total. The van der Waals surface area contributed by atoms with Crippen LogP contribution in [-0.2, 0) is 11.2 Å². The maximum absolute atomic E-state index is 5.98. The van der Waals surface area contributed by atoms with Crippen molar-refractivity contribution in [3.8, 4) is 0 Å². The lowest BCUT2D eigenvalue weighted by Crippen LogP contribution is -2.23. The summed E-state index contributed by atoms with van der Waals surface area (Å²) < 4.78 is 5.88. The molecule has 2 bridgehead atoms. The first-order valence-corrected chi connectivity index (χ1v) is 6.99. The molecule has 4 atom stereocenters. The van der Waals surface area contributed by atoms with Crippen LogP contribution in [0.1, 0.15) is 50.0 Å². The van der Waals surface area contributed by atoms with Gasteiger partial charge in [0.2, 0.25) is 0 Å². The zero-order valence-corrected chi connectivity index (χ0v) is 10.9. The van der Waals surface area contributed by atoms with E-state index in [1.165, 1.54) is 6.42 Å². The Morgan fingerprint density at radius 3 is 3.06 bits per heavy atom. The minimum Gasteiger partial charge on any atom is -0.374 e. The van der Waals surface area contributed by atoms with E-state index in [-0.39, 0.29) is 6.04 Å². The van der Waals surface area contributed by atoms with E-state index in [4.69, 9.17) is 15.5 Å². The number of ether oxygens (including phenoxy) is 1. The standard InChI is InChI=1S/C14H21N3O/c1-2-9(15)7-10-5-6-16-14(17-10)12-8-11-3-4-13(12)18-11/h5-6,9,11-13H,2-4,7-8,15H2,1H3. The molecule has 1 aromatic heterocycles. The molecule has 0 aliphatic carbocycles. The molecule has 0 amide bonds. The molecule has 3 heterocycles. The Morgan fingerprint density at radius 2 is 2.39 bits per heavy atom. The van der Waals surface area contributed by atoms with Gasteiger partial charge in [-0.2, -0.15) is 0 Å². The Balaban J connectivity index is 1.75. The van der Waals surface area contributed by atoms with Crippen LogP contribution in [0, 0.1) is 0 Å². The SMILES string of the molecule is CCC(N)Cc1ccnc(C2CC3CCC2O3)n1. The highest BCUT2D eigenvalue weighted by Crippen LogP contribution is 2.43. The normalized spacial score (nSPS) is 31.8. The molecule has 1 aromatic rings. The van der Waals surface area contributed by atoms with Crippen LogP contribution < -0.4 is 5.73 Å². The second-order valence-corrected chi connectivity index (χ2v) is 5.49. The van der Waals surface area contributed by atoms with Crippen LogP contribution >= 0.6 is 0 Å². The molecular weight excluding hydrogens is 226 g/mol. The lowest BCUT2D eigenvalue weighted by atomic mass is 9.88. The lowest BCUT2D eigenvalue weighted by molar-refractivity contribution is 0.0998. The predicted molar refractivity (Wildman–Crippen MR) is 69.3 cm³/mol. The number of hydrogen-bond acceptors (Lipinski definition) is 4. The summed E-state index contributed by atoms with van der Waals surface area (Å²) >= 11 is 0. The zero-order chi connectivity index (χ0) is 12.5. The largest absolute Gasteiger partial charge is 0.374 e. The van der Waals surface area contributed by atoms with E-state index in [9.17, 15) is 0 Å². The van der Waals surface area contributed by atoms with Gasteiger partial charge in [0.25, 0.3) is 0 Å². The van der Waals surface area contributed by atoms with Crippen molar-refractivity contribution in [3.63, 3.8) is 0 Å². The van der Waals surface area contributed by atoms with Gasteiger partial charge in [0.15, 0.2) is 0 Å². The highest BCUT2D eigenvalue weighted by molar-refractivity contribution is 5.12. The number of fused-ring (bicyclic) bond motifs is 2. The molecule has 4 nitrogen and oxygen atoms in total. The second kappa shape index (κ2) is 4.94. The van der Waals surface area contributed by atoms with Crippen LogP contribution in [0.25, 0.3) is 0 Å². The predicted octanol–water partition coefficient (Wildman–Crippen LogP) is 1.79. The summed E-state index contributed by atoms with van der Waals surface area (Å²) in [4.78, 5) is 9.13. The molecule has 4 unspecified atom stereocenters. The smallest absolute Gasteiger partial charge is 0.134 e. The van der Waals surface area contributed by atoms with Gasteiger partial charge in [-0.1, -0.05) is 6.92 Å². The molecule has 2 aliphatic rings. The van der Waals surface area contributed by atoms with Gasteiger partial charge in [0.05, 0.1) is 12.2 Å². The van der Waals surface area contributed by atoms with Crippen molar-refractivity contribution in [2.75, 3.05) is 0 Å². The van der Waals surface area contributed by atoms with Crippen molar-refractivity contribution in [1.82, 2.24) is 9.97 Å². The average molecular weight is 247 g/mol. The third-order valence-corrected chi connectivity index (χ3v) is 4.17. The van der Waals surface area contributed by atoms with Crippen LogP contribution in [0.15, 0.2) is 12.3 Å². The average Bonchev–Trinajstić information content (AvgIpc) is 3.01. The van der Waals surface area contributed by atoms with Gasteiger partial charge >= 0.3 is 0 Å². The van der Waals surface area contributed by atoms with Crippen molar-refractivity contribution in [3.05, 3.63) is 23.8 Å². The first-order chi connectivity index (χ1) is 8.76. The molecule has 0 radical (unpaired) electrons. The minimum absolute atomic E-state index is 0.198. The van der Waals surface area contributed by atoms with E-state index in [2.05, 4.69) is 11.9 Å². The van der Waals surface area contributed by atoms with Crippen molar-refractivity contribution in [2.24, 2.45) is 5.73 Å². The summed E-state index contributed by atoms with van der Waals surface area (Å²) in [7, 11) is 0. The van der Waals surface area contributed by atoms with Crippen molar-refractivity contribution >= 4 is 0 Å². The van der Waals surface area contributed by atoms with Crippen LogP contribution in [0.5, 0.6) is 0 Å². The van der Waals surface area contributed by atoms with Crippen LogP contribution in [0.3, 0.4) is 0 Å². The van der Waals surface area contributed by atoms with Gasteiger partial charge in [-0.15, -0.1) is 0 Å². The molecule has 0 saturated carbocycles. The monoisotopic (exact) mass is 247 g/mol. The van der Waals surface area contributed by atoms with Crippen LogP contribution in [-0.4, -0.2) is 28.2 Å². The summed E-state index contributed by atoms with van der Waals surface area (Å²) in [5, 5.41) is 0. The van der Waals surface area contributed by atoms with Gasteiger partial charge < -0.3 is 10.5 Å². The van der Waals surface area contributed by atoms with E-state index in [1.54, 1.807) is 0 Å². The molecule has 4 heteroatoms. The van der Waals surface area contributed by atoms with E-state index in [0.29, 0.717) is 18.1 Å². The van der Waals surface area contributed by atoms with E-state index >= 15 is 0 Å². The first-order valence-electron chi connectivity index (χ1n) is 6.99. The summed E-state index contributed by atoms with van der Waals surface area (Å²) in [6, 6.07) is 2.18. The molecule has 3 rings (SSSR count). The Kier molecular flexibility index (Phi) is 3.31. The van der Waals surface area contributed by atoms with Crippen molar-refractivity contribution < 1.29 is 4.74 Å². The molecule has 18 heavy (non-hydrogen) atoms. The van der Waals surface area contributed by atoms with Gasteiger partial charge in [0.1, 0.15) is 5.82 Å². The Morgan fingerprint density at radius 1 is 1.50 bits per heavy atom. The quantitative estimate of drug-likeness (QED) is 0.881. The van der Waals surface area contributed by atoms with E-state index in [0.717, 1.165) is 37.2 Å². The van der Waals surface area contributed by atoms with Gasteiger partial charge in [-0.05, 0) is 31.7 Å². The zero-order valence-electron chi connectivity index (χ0n) is 10.9. The number of aromatic nitrogens is 2. The van der Waals surface area contributed by atoms with Gasteiger partial charge in [-0.25, -0.2) is 9.97 Å². The number of rotatable bonds is 4. The van der Waals surface area contributed by atoms with Gasteiger partial charge in [0, 0.05) is 30.3 Å². The Bertz CT molecular complexity index is 423. The molecule has 0 spiro atoms. The van der Waals surface area contributed by atoms with Gasteiger partial charge in [-0.3, -0.25) is 0 Å². The number of nitrogens with zero attached hydrogens (tertiary/aromatic N) is 2. The fourth-order valence-electron chi connectivity index (χ4n) is 3.03. The van der Waals surface area contributed by atoms with E-state index in [1.807, 2.05) is 12.3 Å². The molecule has 2 aliphatic heterocycles. The topological polar surface area (TPSA) is 61.0 Å². The number of hydrogen-bond donors (Lipinski definition) is 1. The summed E-state index contributed by atoms with van der Waals surface area (Å²) in [5.74, 6) is 1.37. The number of nitrogens with two attached hydrogens (primary N) is 1. The highest BCUT2D eigenvalue weighted by Gasteiger charge is 2.42. The molecule has 98 valence electrons. The first kappa shape index (κ1) is 12.1. The minimum atomic E-state index is 0.198. The molecular formula is C14H21N3O. The fourth-order valence-corrected chi connectivity index (χ4v) is 3.03. The summed E-state index contributed by atoms with van der Waals surface area (Å²) in [6.45, 7) is 2.11. The molecule has 2 fully saturated rings. The maximum Gasteiger partial charge on any atom is 0.134 e. The van der Waals surface area contributed by atoms with Crippen molar-refractivity contribution in [1.29, 1.82) is 0 Å². The Hall–Kier alpha value is -1.00. The second-order valence-electron chi connectivity index (χ2n) is 5.49. The lowest BCUT2D eigenvalue weighted by Gasteiger charge is -2.17. The fraction of sp³-hybridized carbons (Fsp3) is 0.714. The van der Waals surface area contributed by atoms with Crippen LogP contribution in [0.2, 0.25) is 0 Å². The Labute approximate surface area is 108 Å². The summed E-state index contributed by atoms with van der Waals surface area (Å²) in [5.41, 5.74) is 7.05. The third kappa shape index (κ3) is 2.27.